The Kier molecular flexibility index (Phi) is 6.06. The summed E-state index contributed by atoms with van der Waals surface area (Å²) in [6, 6.07) is 12.7. The Labute approximate surface area is 180 Å². The van der Waals surface area contributed by atoms with Crippen LogP contribution in [0.15, 0.2) is 42.5 Å². The third-order valence-corrected chi connectivity index (χ3v) is 5.35. The van der Waals surface area contributed by atoms with Gasteiger partial charge in [-0.1, -0.05) is 19.1 Å². The lowest BCUT2D eigenvalue weighted by atomic mass is 10.1. The van der Waals surface area contributed by atoms with Gasteiger partial charge in [-0.3, -0.25) is 14.4 Å². The van der Waals surface area contributed by atoms with Crippen molar-refractivity contribution in [2.45, 2.75) is 32.7 Å². The van der Waals surface area contributed by atoms with Gasteiger partial charge in [0, 0.05) is 43.4 Å². The maximum atomic E-state index is 12.6. The second kappa shape index (κ2) is 9.07. The molecule has 0 aromatic heterocycles. The van der Waals surface area contributed by atoms with Crippen LogP contribution in [0.3, 0.4) is 0 Å². The van der Waals surface area contributed by atoms with Crippen LogP contribution in [0.2, 0.25) is 0 Å². The average Bonchev–Trinajstić information content (AvgIpc) is 3.39. The van der Waals surface area contributed by atoms with Gasteiger partial charge in [0.15, 0.2) is 11.5 Å². The number of fused-ring (bicyclic) bond motifs is 1. The highest BCUT2D eigenvalue weighted by molar-refractivity contribution is 6.00. The third-order valence-electron chi connectivity index (χ3n) is 5.35. The molecule has 8 heteroatoms. The third kappa shape index (κ3) is 4.79. The normalized spacial score (nSPS) is 17.0. The van der Waals surface area contributed by atoms with Gasteiger partial charge in [-0.05, 0) is 36.2 Å². The van der Waals surface area contributed by atoms with Crippen molar-refractivity contribution >= 4 is 29.1 Å². The number of nitrogens with one attached hydrogen (secondary N) is 2. The monoisotopic (exact) mass is 423 g/mol. The van der Waals surface area contributed by atoms with Crippen LogP contribution in [0.5, 0.6) is 11.5 Å². The van der Waals surface area contributed by atoms with E-state index in [1.54, 1.807) is 23.1 Å². The molecule has 2 heterocycles. The summed E-state index contributed by atoms with van der Waals surface area (Å²) in [5, 5.41) is 5.74. The number of amides is 3. The first-order valence-corrected chi connectivity index (χ1v) is 10.4. The number of nitrogens with zero attached hydrogens (tertiary/aromatic N) is 1. The van der Waals surface area contributed by atoms with E-state index in [1.165, 1.54) is 0 Å². The summed E-state index contributed by atoms with van der Waals surface area (Å²) in [5.74, 6) is 0.586. The SMILES string of the molecule is CCCC(=O)Nc1ccc(CNC(=O)[C@H]2CC(=O)N(c3ccc4c(c3)OCO4)C2)cc1. The van der Waals surface area contributed by atoms with Gasteiger partial charge in [0.2, 0.25) is 24.5 Å². The van der Waals surface area contributed by atoms with Crippen molar-refractivity contribution in [1.29, 1.82) is 0 Å². The summed E-state index contributed by atoms with van der Waals surface area (Å²) in [5.41, 5.74) is 2.35. The number of benzene rings is 2. The van der Waals surface area contributed by atoms with Crippen molar-refractivity contribution in [2.75, 3.05) is 23.6 Å². The van der Waals surface area contributed by atoms with Crippen LogP contribution in [0.4, 0.5) is 11.4 Å². The van der Waals surface area contributed by atoms with Gasteiger partial charge in [-0.25, -0.2) is 0 Å². The summed E-state index contributed by atoms with van der Waals surface area (Å²) in [6.07, 6.45) is 1.45. The fraction of sp³-hybridized carbons (Fsp3) is 0.348. The molecule has 162 valence electrons. The highest BCUT2D eigenvalue weighted by Crippen LogP contribution is 2.37. The summed E-state index contributed by atoms with van der Waals surface area (Å²) < 4.78 is 10.7. The molecule has 31 heavy (non-hydrogen) atoms. The van der Waals surface area contributed by atoms with Crippen LogP contribution in [0.25, 0.3) is 0 Å². The van der Waals surface area contributed by atoms with E-state index in [4.69, 9.17) is 9.47 Å². The van der Waals surface area contributed by atoms with Crippen molar-refractivity contribution < 1.29 is 23.9 Å². The van der Waals surface area contributed by atoms with Crippen LogP contribution in [0.1, 0.15) is 31.7 Å². The maximum Gasteiger partial charge on any atom is 0.231 e. The minimum absolute atomic E-state index is 0.0125. The van der Waals surface area contributed by atoms with E-state index in [1.807, 2.05) is 31.2 Å². The Balaban J connectivity index is 1.30. The summed E-state index contributed by atoms with van der Waals surface area (Å²) in [4.78, 5) is 38.4. The first-order chi connectivity index (χ1) is 15.0. The number of hydrogen-bond donors (Lipinski definition) is 2. The van der Waals surface area contributed by atoms with Crippen LogP contribution >= 0.6 is 0 Å². The van der Waals surface area contributed by atoms with Gasteiger partial charge >= 0.3 is 0 Å². The molecule has 2 aliphatic rings. The van der Waals surface area contributed by atoms with Gasteiger partial charge < -0.3 is 25.0 Å². The van der Waals surface area contributed by atoms with Crippen LogP contribution in [-0.2, 0) is 20.9 Å². The van der Waals surface area contributed by atoms with Gasteiger partial charge in [0.25, 0.3) is 0 Å². The molecule has 1 fully saturated rings. The molecule has 8 nitrogen and oxygen atoms in total. The number of hydrogen-bond acceptors (Lipinski definition) is 5. The quantitative estimate of drug-likeness (QED) is 0.714. The average molecular weight is 423 g/mol. The lowest BCUT2D eigenvalue weighted by Crippen LogP contribution is -2.32. The lowest BCUT2D eigenvalue weighted by Gasteiger charge is -2.17. The van der Waals surface area contributed by atoms with Gasteiger partial charge in [0.05, 0.1) is 5.92 Å². The second-order valence-corrected chi connectivity index (χ2v) is 7.66. The van der Waals surface area contributed by atoms with Crippen molar-refractivity contribution in [3.63, 3.8) is 0 Å². The highest BCUT2D eigenvalue weighted by atomic mass is 16.7. The van der Waals surface area contributed by atoms with E-state index in [0.29, 0.717) is 36.7 Å². The molecule has 2 aromatic carbocycles. The minimum Gasteiger partial charge on any atom is -0.454 e. The van der Waals surface area contributed by atoms with E-state index < -0.39 is 5.92 Å². The molecule has 2 N–H and O–H groups in total. The topological polar surface area (TPSA) is 97.0 Å². The van der Waals surface area contributed by atoms with Crippen molar-refractivity contribution in [2.24, 2.45) is 5.92 Å². The number of carbonyl (C=O) groups is 3. The number of rotatable bonds is 7. The molecule has 0 radical (unpaired) electrons. The summed E-state index contributed by atoms with van der Waals surface area (Å²) >= 11 is 0. The molecule has 0 aliphatic carbocycles. The number of ether oxygens (including phenoxy) is 2. The first kappa shape index (κ1) is 20.7. The summed E-state index contributed by atoms with van der Waals surface area (Å²) in [7, 11) is 0. The van der Waals surface area contributed by atoms with Gasteiger partial charge in [-0.2, -0.15) is 0 Å². The zero-order valence-corrected chi connectivity index (χ0v) is 17.3. The van der Waals surface area contributed by atoms with Crippen molar-refractivity contribution in [3.05, 3.63) is 48.0 Å². The van der Waals surface area contributed by atoms with E-state index in [2.05, 4.69) is 10.6 Å². The smallest absolute Gasteiger partial charge is 0.231 e. The minimum atomic E-state index is -0.412. The Bertz CT molecular complexity index is 989. The van der Waals surface area contributed by atoms with E-state index in [9.17, 15) is 14.4 Å². The van der Waals surface area contributed by atoms with Crippen LogP contribution < -0.4 is 25.0 Å². The van der Waals surface area contributed by atoms with Crippen LogP contribution in [0, 0.1) is 5.92 Å². The maximum absolute atomic E-state index is 12.6. The Hall–Kier alpha value is -3.55. The van der Waals surface area contributed by atoms with E-state index >= 15 is 0 Å². The Morgan fingerprint density at radius 2 is 1.87 bits per heavy atom. The molecule has 2 aliphatic heterocycles. The zero-order chi connectivity index (χ0) is 21.8. The molecule has 1 atom stereocenters. The molecule has 0 saturated carbocycles. The van der Waals surface area contributed by atoms with Gasteiger partial charge in [0.1, 0.15) is 0 Å². The van der Waals surface area contributed by atoms with E-state index in [0.717, 1.165) is 17.7 Å². The predicted octanol–water partition coefficient (Wildman–Crippen LogP) is 2.82. The second-order valence-electron chi connectivity index (χ2n) is 7.66. The molecule has 0 unspecified atom stereocenters. The highest BCUT2D eigenvalue weighted by Gasteiger charge is 2.35. The zero-order valence-electron chi connectivity index (χ0n) is 17.3. The number of carbonyl (C=O) groups excluding carboxylic acids is 3. The molecule has 2 aromatic rings. The number of anilines is 2. The van der Waals surface area contributed by atoms with Gasteiger partial charge in [-0.15, -0.1) is 0 Å². The predicted molar refractivity (Wildman–Crippen MR) is 115 cm³/mol. The fourth-order valence-corrected chi connectivity index (χ4v) is 3.68. The molecule has 0 bridgehead atoms. The van der Waals surface area contributed by atoms with Crippen molar-refractivity contribution in [1.82, 2.24) is 5.32 Å². The fourth-order valence-electron chi connectivity index (χ4n) is 3.68. The molecule has 3 amide bonds. The standard InChI is InChI=1S/C23H25N3O5/c1-2-3-21(27)25-17-6-4-15(5-7-17)12-24-23(29)16-10-22(28)26(13-16)18-8-9-19-20(11-18)31-14-30-19/h4-9,11,16H,2-3,10,12-14H2,1H3,(H,24,29)(H,25,27)/t16-/m0/s1. The lowest BCUT2D eigenvalue weighted by molar-refractivity contribution is -0.126. The van der Waals surface area contributed by atoms with Crippen molar-refractivity contribution in [3.8, 4) is 11.5 Å². The largest absolute Gasteiger partial charge is 0.454 e. The first-order valence-electron chi connectivity index (χ1n) is 10.4. The van der Waals surface area contributed by atoms with E-state index in [-0.39, 0.29) is 30.9 Å². The molecule has 4 rings (SSSR count). The molecule has 0 spiro atoms. The molecule has 1 saturated heterocycles. The summed E-state index contributed by atoms with van der Waals surface area (Å²) in [6.45, 7) is 2.81. The van der Waals surface area contributed by atoms with Crippen LogP contribution in [-0.4, -0.2) is 31.1 Å². The Morgan fingerprint density at radius 1 is 1.10 bits per heavy atom. The molecular weight excluding hydrogens is 398 g/mol. The Morgan fingerprint density at radius 3 is 2.65 bits per heavy atom. The molecular formula is C23H25N3O5.